The highest BCUT2D eigenvalue weighted by atomic mass is 16.4. The lowest BCUT2D eigenvalue weighted by Gasteiger charge is -2.12. The molecule has 6 heteroatoms. The van der Waals surface area contributed by atoms with Gasteiger partial charge in [-0.25, -0.2) is 14.5 Å². The Morgan fingerprint density at radius 1 is 1.50 bits per heavy atom. The Hall–Kier alpha value is -1.85. The van der Waals surface area contributed by atoms with Crippen molar-refractivity contribution in [3.8, 4) is 0 Å². The zero-order valence-electron chi connectivity index (χ0n) is 5.97. The molecule has 6 nitrogen and oxygen atoms in total. The fourth-order valence-electron chi connectivity index (χ4n) is 0.697. The topological polar surface area (TPSA) is 90.2 Å². The van der Waals surface area contributed by atoms with E-state index in [2.05, 4.69) is 4.99 Å². The van der Waals surface area contributed by atoms with Crippen molar-refractivity contribution in [3.05, 3.63) is 11.8 Å². The lowest BCUT2D eigenvalue weighted by Crippen LogP contribution is -2.27. The van der Waals surface area contributed by atoms with Gasteiger partial charge in [0.05, 0.1) is 18.5 Å². The summed E-state index contributed by atoms with van der Waals surface area (Å²) in [6.45, 7) is 0.0130. The molecule has 0 aromatic rings. The largest absolute Gasteiger partial charge is 0.478 e. The van der Waals surface area contributed by atoms with Crippen LogP contribution in [0.2, 0.25) is 0 Å². The summed E-state index contributed by atoms with van der Waals surface area (Å²) in [6, 6.07) is 0. The lowest BCUT2D eigenvalue weighted by atomic mass is 10.3. The number of aliphatic imine (C=N–C) groups is 1. The molecule has 0 saturated heterocycles. The number of hydrogen-bond donors (Lipinski definition) is 2. The van der Waals surface area contributed by atoms with Crippen LogP contribution in [0.15, 0.2) is 16.8 Å². The molecule has 12 heavy (non-hydrogen) atoms. The van der Waals surface area contributed by atoms with Crippen LogP contribution in [0.5, 0.6) is 0 Å². The molecule has 0 saturated carbocycles. The van der Waals surface area contributed by atoms with E-state index in [9.17, 15) is 9.59 Å². The third-order valence-electron chi connectivity index (χ3n) is 1.26. The second-order valence-corrected chi connectivity index (χ2v) is 2.11. The first kappa shape index (κ1) is 8.25. The van der Waals surface area contributed by atoms with Gasteiger partial charge in [0.1, 0.15) is 0 Å². The van der Waals surface area contributed by atoms with Gasteiger partial charge in [-0.05, 0) is 0 Å². The van der Waals surface area contributed by atoms with Gasteiger partial charge in [-0.3, -0.25) is 4.99 Å². The van der Waals surface area contributed by atoms with Crippen LogP contribution in [-0.2, 0) is 4.79 Å². The monoisotopic (exact) mass is 170 g/mol. The van der Waals surface area contributed by atoms with Crippen LogP contribution in [0.1, 0.15) is 0 Å². The number of rotatable bonds is 1. The van der Waals surface area contributed by atoms with Crippen LogP contribution in [-0.4, -0.2) is 40.1 Å². The predicted molar refractivity (Wildman–Crippen MR) is 38.9 cm³/mol. The Morgan fingerprint density at radius 3 is 2.67 bits per heavy atom. The van der Waals surface area contributed by atoms with Crippen LogP contribution >= 0.6 is 0 Å². The predicted octanol–water partition coefficient (Wildman–Crippen LogP) is -0.0232. The van der Waals surface area contributed by atoms with Crippen LogP contribution in [0.25, 0.3) is 0 Å². The van der Waals surface area contributed by atoms with Gasteiger partial charge in [0.15, 0.2) is 0 Å². The van der Waals surface area contributed by atoms with E-state index in [-0.39, 0.29) is 12.1 Å². The number of nitrogens with zero attached hydrogens (tertiary/aromatic N) is 2. The van der Waals surface area contributed by atoms with Crippen molar-refractivity contribution in [1.29, 1.82) is 0 Å². The van der Waals surface area contributed by atoms with Crippen molar-refractivity contribution < 1.29 is 19.8 Å². The summed E-state index contributed by atoms with van der Waals surface area (Å²) in [4.78, 5) is 24.9. The molecule has 0 unspecified atom stereocenters. The van der Waals surface area contributed by atoms with Gasteiger partial charge in [-0.1, -0.05) is 0 Å². The molecule has 0 aromatic heterocycles. The number of hydrogen-bond acceptors (Lipinski definition) is 3. The summed E-state index contributed by atoms with van der Waals surface area (Å²) < 4.78 is 0. The summed E-state index contributed by atoms with van der Waals surface area (Å²) in [5.41, 5.74) is -0.0418. The maximum absolute atomic E-state index is 10.4. The van der Waals surface area contributed by atoms with Gasteiger partial charge in [-0.2, -0.15) is 0 Å². The Balaban J connectivity index is 2.81. The van der Waals surface area contributed by atoms with Gasteiger partial charge >= 0.3 is 12.1 Å². The number of carbonyl (C=O) groups is 2. The van der Waals surface area contributed by atoms with Gasteiger partial charge in [0.25, 0.3) is 0 Å². The Labute approximate surface area is 67.4 Å². The minimum Gasteiger partial charge on any atom is -0.478 e. The zero-order valence-corrected chi connectivity index (χ0v) is 5.97. The van der Waals surface area contributed by atoms with Gasteiger partial charge in [0.2, 0.25) is 0 Å². The zero-order chi connectivity index (χ0) is 9.14. The van der Waals surface area contributed by atoms with Crippen molar-refractivity contribution in [3.63, 3.8) is 0 Å². The number of aliphatic carboxylic acids is 1. The molecule has 0 aliphatic carbocycles. The molecular formula is C6H6N2O4. The third-order valence-corrected chi connectivity index (χ3v) is 1.26. The fraction of sp³-hybridized carbons (Fsp3) is 0.167. The normalized spacial score (nSPS) is 15.7. The second kappa shape index (κ2) is 3.04. The number of carboxylic acids is 1. The summed E-state index contributed by atoms with van der Waals surface area (Å²) in [5.74, 6) is -1.15. The molecule has 0 radical (unpaired) electrons. The molecule has 2 N–H and O–H groups in total. The van der Waals surface area contributed by atoms with Crippen LogP contribution in [0.4, 0.5) is 4.79 Å². The first-order valence-electron chi connectivity index (χ1n) is 3.06. The van der Waals surface area contributed by atoms with E-state index in [4.69, 9.17) is 10.2 Å². The highest BCUT2D eigenvalue weighted by Crippen LogP contribution is 2.03. The molecule has 1 aliphatic rings. The van der Waals surface area contributed by atoms with Crippen molar-refractivity contribution in [2.24, 2.45) is 4.99 Å². The minimum atomic E-state index is -1.25. The SMILES string of the molecule is O=C(O)C1=CN(C(=O)O)C=NC1. The number of amides is 1. The highest BCUT2D eigenvalue weighted by Gasteiger charge is 2.15. The molecule has 0 fully saturated rings. The average Bonchev–Trinajstić information content (AvgIpc) is 2.04. The first-order valence-corrected chi connectivity index (χ1v) is 3.06. The maximum Gasteiger partial charge on any atom is 0.416 e. The second-order valence-electron chi connectivity index (χ2n) is 2.11. The van der Waals surface area contributed by atoms with E-state index in [0.29, 0.717) is 4.90 Å². The Morgan fingerprint density at radius 2 is 2.17 bits per heavy atom. The quantitative estimate of drug-likeness (QED) is 0.578. The van der Waals surface area contributed by atoms with Crippen molar-refractivity contribution in [2.45, 2.75) is 0 Å². The van der Waals surface area contributed by atoms with Crippen molar-refractivity contribution >= 4 is 18.4 Å². The van der Waals surface area contributed by atoms with Gasteiger partial charge < -0.3 is 10.2 Å². The fourth-order valence-corrected chi connectivity index (χ4v) is 0.697. The molecular weight excluding hydrogens is 164 g/mol. The van der Waals surface area contributed by atoms with Crippen molar-refractivity contribution in [2.75, 3.05) is 6.54 Å². The molecule has 1 amide bonds. The molecule has 1 aliphatic heterocycles. The van der Waals surface area contributed by atoms with Crippen LogP contribution in [0.3, 0.4) is 0 Å². The molecule has 0 spiro atoms. The summed E-state index contributed by atoms with van der Waals surface area (Å²) in [6.07, 6.45) is 0.837. The van der Waals surface area contributed by atoms with E-state index in [0.717, 1.165) is 12.5 Å². The van der Waals surface area contributed by atoms with E-state index >= 15 is 0 Å². The highest BCUT2D eigenvalue weighted by molar-refractivity contribution is 5.91. The molecule has 1 heterocycles. The van der Waals surface area contributed by atoms with Crippen LogP contribution in [0, 0.1) is 0 Å². The molecule has 0 atom stereocenters. The summed E-state index contributed by atoms with van der Waals surface area (Å²) in [5, 5.41) is 16.9. The smallest absolute Gasteiger partial charge is 0.416 e. The first-order chi connectivity index (χ1) is 5.61. The molecule has 0 bridgehead atoms. The minimum absolute atomic E-state index is 0.0130. The molecule has 1 rings (SSSR count). The van der Waals surface area contributed by atoms with Gasteiger partial charge in [0, 0.05) is 6.20 Å². The number of carboxylic acid groups (broad SMARTS) is 2. The Bertz CT molecular complexity index is 281. The Kier molecular flexibility index (Phi) is 2.09. The lowest BCUT2D eigenvalue weighted by molar-refractivity contribution is -0.132. The van der Waals surface area contributed by atoms with E-state index in [1.807, 2.05) is 0 Å². The maximum atomic E-state index is 10.4. The molecule has 64 valence electrons. The summed E-state index contributed by atoms with van der Waals surface area (Å²) in [7, 11) is 0. The summed E-state index contributed by atoms with van der Waals surface area (Å²) >= 11 is 0. The van der Waals surface area contributed by atoms with E-state index in [1.165, 1.54) is 0 Å². The van der Waals surface area contributed by atoms with Crippen molar-refractivity contribution in [1.82, 2.24) is 4.90 Å². The standard InChI is InChI=1S/C6H6N2O4/c9-5(10)4-1-7-3-8(2-4)6(11)12/h2-3H,1H2,(H,9,10)(H,11,12). The van der Waals surface area contributed by atoms with E-state index in [1.54, 1.807) is 0 Å². The molecule has 0 aromatic carbocycles. The average molecular weight is 170 g/mol. The third kappa shape index (κ3) is 1.60. The van der Waals surface area contributed by atoms with Gasteiger partial charge in [-0.15, -0.1) is 0 Å². The van der Waals surface area contributed by atoms with Crippen LogP contribution < -0.4 is 0 Å². The van der Waals surface area contributed by atoms with E-state index < -0.39 is 12.1 Å².